The number of amides is 1. The fourth-order valence-corrected chi connectivity index (χ4v) is 2.01. The van der Waals surface area contributed by atoms with Gasteiger partial charge < -0.3 is 5.32 Å². The third-order valence-corrected chi connectivity index (χ3v) is 3.73. The van der Waals surface area contributed by atoms with Gasteiger partial charge >= 0.3 is 0 Å². The van der Waals surface area contributed by atoms with Crippen molar-refractivity contribution in [3.8, 4) is 0 Å². The molecule has 4 nitrogen and oxygen atoms in total. The lowest BCUT2D eigenvalue weighted by molar-refractivity contribution is 0.102. The standard InChI is InChI=1S/C12H11BrClN3O/c1-2-7-6-15-17-11(7)16-12(18)8-3-4-10(14)9(13)5-8/h3-6H,2H2,1H3,(H2,15,16,17,18). The Morgan fingerprint density at radius 3 is 3.00 bits per heavy atom. The Bertz CT molecular complexity index is 582. The quantitative estimate of drug-likeness (QED) is 0.903. The second-order valence-corrected chi connectivity index (χ2v) is 4.97. The number of rotatable bonds is 3. The van der Waals surface area contributed by atoms with E-state index in [1.54, 1.807) is 24.4 Å². The van der Waals surface area contributed by atoms with Gasteiger partial charge in [-0.15, -0.1) is 0 Å². The summed E-state index contributed by atoms with van der Waals surface area (Å²) in [6.45, 7) is 2.00. The minimum Gasteiger partial charge on any atom is -0.307 e. The number of H-pyrrole nitrogens is 1. The fourth-order valence-electron chi connectivity index (χ4n) is 1.51. The summed E-state index contributed by atoms with van der Waals surface area (Å²) in [6, 6.07) is 5.03. The van der Waals surface area contributed by atoms with E-state index in [2.05, 4.69) is 31.4 Å². The third-order valence-electron chi connectivity index (χ3n) is 2.52. The number of aromatic nitrogens is 2. The molecule has 18 heavy (non-hydrogen) atoms. The van der Waals surface area contributed by atoms with Crippen LogP contribution in [0.15, 0.2) is 28.9 Å². The molecule has 1 heterocycles. The molecule has 2 N–H and O–H groups in total. The van der Waals surface area contributed by atoms with Gasteiger partial charge in [0.25, 0.3) is 5.91 Å². The zero-order valence-electron chi connectivity index (χ0n) is 9.63. The van der Waals surface area contributed by atoms with Crippen LogP contribution in [0.5, 0.6) is 0 Å². The van der Waals surface area contributed by atoms with Crippen molar-refractivity contribution in [1.29, 1.82) is 0 Å². The molecule has 0 aliphatic rings. The molecule has 0 bridgehead atoms. The lowest BCUT2D eigenvalue weighted by Gasteiger charge is -2.05. The maximum atomic E-state index is 12.0. The molecule has 0 unspecified atom stereocenters. The van der Waals surface area contributed by atoms with Crippen LogP contribution < -0.4 is 5.32 Å². The smallest absolute Gasteiger partial charge is 0.256 e. The van der Waals surface area contributed by atoms with E-state index in [0.29, 0.717) is 20.9 Å². The largest absolute Gasteiger partial charge is 0.307 e. The molecule has 0 aliphatic carbocycles. The number of nitrogens with zero attached hydrogens (tertiary/aromatic N) is 1. The van der Waals surface area contributed by atoms with Crippen molar-refractivity contribution in [2.75, 3.05) is 5.32 Å². The summed E-state index contributed by atoms with van der Waals surface area (Å²) in [6.07, 6.45) is 2.50. The van der Waals surface area contributed by atoms with Crippen LogP contribution in [0.4, 0.5) is 5.82 Å². The summed E-state index contributed by atoms with van der Waals surface area (Å²) in [7, 11) is 0. The number of hydrogen-bond donors (Lipinski definition) is 2. The van der Waals surface area contributed by atoms with Crippen molar-refractivity contribution in [3.05, 3.63) is 45.0 Å². The average Bonchev–Trinajstić information content (AvgIpc) is 2.79. The summed E-state index contributed by atoms with van der Waals surface area (Å²) >= 11 is 9.17. The van der Waals surface area contributed by atoms with Crippen molar-refractivity contribution in [2.45, 2.75) is 13.3 Å². The van der Waals surface area contributed by atoms with Gasteiger partial charge in [0.15, 0.2) is 0 Å². The van der Waals surface area contributed by atoms with Crippen LogP contribution in [-0.2, 0) is 6.42 Å². The summed E-state index contributed by atoms with van der Waals surface area (Å²) in [5.41, 5.74) is 1.50. The number of aromatic amines is 1. The summed E-state index contributed by atoms with van der Waals surface area (Å²) in [5.74, 6) is 0.430. The third kappa shape index (κ3) is 2.73. The molecule has 0 fully saturated rings. The monoisotopic (exact) mass is 327 g/mol. The minimum atomic E-state index is -0.202. The van der Waals surface area contributed by atoms with Gasteiger partial charge in [-0.25, -0.2) is 0 Å². The Labute approximate surface area is 118 Å². The first-order chi connectivity index (χ1) is 8.61. The SMILES string of the molecule is CCc1cn[nH]c1NC(=O)c1ccc(Cl)c(Br)c1. The number of carbonyl (C=O) groups excluding carboxylic acids is 1. The highest BCUT2D eigenvalue weighted by atomic mass is 79.9. The summed E-state index contributed by atoms with van der Waals surface area (Å²) in [4.78, 5) is 12.0. The van der Waals surface area contributed by atoms with Gasteiger partial charge in [-0.3, -0.25) is 9.89 Å². The van der Waals surface area contributed by atoms with Crippen LogP contribution in [0.1, 0.15) is 22.8 Å². The highest BCUT2D eigenvalue weighted by Gasteiger charge is 2.11. The lowest BCUT2D eigenvalue weighted by atomic mass is 10.2. The van der Waals surface area contributed by atoms with Gasteiger partial charge in [0.2, 0.25) is 0 Å². The number of nitrogens with one attached hydrogen (secondary N) is 2. The molecule has 2 aromatic rings. The van der Waals surface area contributed by atoms with Crippen molar-refractivity contribution in [1.82, 2.24) is 10.2 Å². The van der Waals surface area contributed by atoms with Crippen LogP contribution in [0.3, 0.4) is 0 Å². The zero-order chi connectivity index (χ0) is 13.1. The van der Waals surface area contributed by atoms with E-state index in [1.165, 1.54) is 0 Å². The van der Waals surface area contributed by atoms with Crippen LogP contribution in [0, 0.1) is 0 Å². The second kappa shape index (κ2) is 5.54. The topological polar surface area (TPSA) is 57.8 Å². The Balaban J connectivity index is 2.19. The van der Waals surface area contributed by atoms with Crippen molar-refractivity contribution >= 4 is 39.3 Å². The molecule has 0 saturated carbocycles. The lowest BCUT2D eigenvalue weighted by Crippen LogP contribution is -2.13. The van der Waals surface area contributed by atoms with Gasteiger partial charge in [0, 0.05) is 15.6 Å². The Morgan fingerprint density at radius 2 is 2.33 bits per heavy atom. The van der Waals surface area contributed by atoms with Gasteiger partial charge in [-0.1, -0.05) is 18.5 Å². The Morgan fingerprint density at radius 1 is 1.56 bits per heavy atom. The normalized spacial score (nSPS) is 10.4. The molecule has 0 saturated heterocycles. The van der Waals surface area contributed by atoms with E-state index in [4.69, 9.17) is 11.6 Å². The molecule has 6 heteroatoms. The van der Waals surface area contributed by atoms with E-state index in [0.717, 1.165) is 12.0 Å². The first-order valence-electron chi connectivity index (χ1n) is 5.40. The molecule has 1 amide bonds. The molecule has 1 aromatic carbocycles. The molecular formula is C12H11BrClN3O. The number of carbonyl (C=O) groups is 1. The molecule has 2 rings (SSSR count). The molecule has 0 aliphatic heterocycles. The Hall–Kier alpha value is -1.33. The molecule has 1 aromatic heterocycles. The predicted molar refractivity (Wildman–Crippen MR) is 75.1 cm³/mol. The van der Waals surface area contributed by atoms with E-state index in [1.807, 2.05) is 6.92 Å². The summed E-state index contributed by atoms with van der Waals surface area (Å²) < 4.78 is 0.692. The van der Waals surface area contributed by atoms with E-state index in [9.17, 15) is 4.79 Å². The van der Waals surface area contributed by atoms with Gasteiger partial charge in [0.05, 0.1) is 11.2 Å². The summed E-state index contributed by atoms with van der Waals surface area (Å²) in [5, 5.41) is 10.0. The van der Waals surface area contributed by atoms with Crippen molar-refractivity contribution < 1.29 is 4.79 Å². The number of hydrogen-bond acceptors (Lipinski definition) is 2. The van der Waals surface area contributed by atoms with E-state index in [-0.39, 0.29) is 5.91 Å². The van der Waals surface area contributed by atoms with Crippen LogP contribution in [0.2, 0.25) is 5.02 Å². The highest BCUT2D eigenvalue weighted by Crippen LogP contribution is 2.23. The number of halogens is 2. The van der Waals surface area contributed by atoms with Crippen LogP contribution >= 0.6 is 27.5 Å². The first kappa shape index (κ1) is 13.1. The molecule has 0 radical (unpaired) electrons. The molecular weight excluding hydrogens is 318 g/mol. The number of aryl methyl sites for hydroxylation is 1. The van der Waals surface area contributed by atoms with Crippen molar-refractivity contribution in [2.24, 2.45) is 0 Å². The first-order valence-corrected chi connectivity index (χ1v) is 6.57. The Kier molecular flexibility index (Phi) is 4.04. The van der Waals surface area contributed by atoms with Crippen LogP contribution in [0.25, 0.3) is 0 Å². The molecule has 0 atom stereocenters. The van der Waals surface area contributed by atoms with Gasteiger partial charge in [-0.05, 0) is 40.5 Å². The number of anilines is 1. The van der Waals surface area contributed by atoms with E-state index >= 15 is 0 Å². The zero-order valence-corrected chi connectivity index (χ0v) is 12.0. The molecule has 0 spiro atoms. The van der Waals surface area contributed by atoms with Gasteiger partial charge in [-0.2, -0.15) is 5.10 Å². The maximum absolute atomic E-state index is 12.0. The average molecular weight is 329 g/mol. The van der Waals surface area contributed by atoms with Gasteiger partial charge in [0.1, 0.15) is 5.82 Å². The van der Waals surface area contributed by atoms with E-state index < -0.39 is 0 Å². The van der Waals surface area contributed by atoms with Crippen molar-refractivity contribution in [3.63, 3.8) is 0 Å². The maximum Gasteiger partial charge on any atom is 0.256 e. The number of benzene rings is 1. The van der Waals surface area contributed by atoms with Crippen LogP contribution in [-0.4, -0.2) is 16.1 Å². The fraction of sp³-hybridized carbons (Fsp3) is 0.167. The highest BCUT2D eigenvalue weighted by molar-refractivity contribution is 9.10. The predicted octanol–water partition coefficient (Wildman–Crippen LogP) is 3.64. The second-order valence-electron chi connectivity index (χ2n) is 3.71. The minimum absolute atomic E-state index is 0.202. The molecule has 94 valence electrons.